The second-order valence-electron chi connectivity index (χ2n) is 1.76. The number of hydrogen-bond donors (Lipinski definition) is 1. The lowest BCUT2D eigenvalue weighted by Crippen LogP contribution is -1.89. The summed E-state index contributed by atoms with van der Waals surface area (Å²) in [5.41, 5.74) is 0. The average Bonchev–Trinajstić information content (AvgIpc) is 2.13. The number of halogens is 1. The van der Waals surface area contributed by atoms with Gasteiger partial charge in [-0.15, -0.1) is 0 Å². The molecule has 0 saturated heterocycles. The van der Waals surface area contributed by atoms with Crippen LogP contribution in [0.3, 0.4) is 0 Å². The van der Waals surface area contributed by atoms with Gasteiger partial charge in [0.15, 0.2) is 0 Å². The Morgan fingerprint density at radius 2 is 1.67 bits per heavy atom. The summed E-state index contributed by atoms with van der Waals surface area (Å²) < 4.78 is 2.98. The third-order valence-electron chi connectivity index (χ3n) is 1.03. The third kappa shape index (κ3) is 4.65. The fourth-order valence-electron chi connectivity index (χ4n) is 0.620. The zero-order valence-electron chi connectivity index (χ0n) is 7.60. The topological polar surface area (TPSA) is 12.0 Å². The van der Waals surface area contributed by atoms with Gasteiger partial charge in [-0.3, -0.25) is 4.72 Å². The molecule has 0 unspecified atom stereocenters. The molecule has 1 aromatic rings. The highest BCUT2D eigenvalue weighted by molar-refractivity contribution is 7.97. The van der Waals surface area contributed by atoms with Crippen molar-refractivity contribution in [1.29, 1.82) is 0 Å². The fourth-order valence-corrected chi connectivity index (χ4v) is 1.25. The fraction of sp³-hybridized carbons (Fsp3) is 0.333. The van der Waals surface area contributed by atoms with E-state index in [1.54, 1.807) is 11.9 Å². The van der Waals surface area contributed by atoms with E-state index in [2.05, 4.69) is 4.72 Å². The molecule has 68 valence electrons. The van der Waals surface area contributed by atoms with Gasteiger partial charge in [0.25, 0.3) is 0 Å². The van der Waals surface area contributed by atoms with Crippen LogP contribution in [0.1, 0.15) is 13.8 Å². The van der Waals surface area contributed by atoms with Crippen molar-refractivity contribution in [3.05, 3.63) is 29.3 Å². The van der Waals surface area contributed by atoms with E-state index in [9.17, 15) is 0 Å². The molecular weight excluding hydrogens is 190 g/mol. The summed E-state index contributed by atoms with van der Waals surface area (Å²) in [6, 6.07) is 7.70. The maximum Gasteiger partial charge on any atom is 0.0406 e. The monoisotopic (exact) mass is 203 g/mol. The van der Waals surface area contributed by atoms with E-state index in [0.717, 1.165) is 5.02 Å². The Kier molecular flexibility index (Phi) is 7.36. The molecule has 0 spiro atoms. The molecule has 0 aromatic heterocycles. The Morgan fingerprint density at radius 3 is 2.08 bits per heavy atom. The van der Waals surface area contributed by atoms with Gasteiger partial charge < -0.3 is 0 Å². The quantitative estimate of drug-likeness (QED) is 0.738. The van der Waals surface area contributed by atoms with Gasteiger partial charge >= 0.3 is 0 Å². The number of nitrogens with one attached hydrogen (secondary N) is 1. The van der Waals surface area contributed by atoms with Crippen LogP contribution in [0.15, 0.2) is 29.2 Å². The van der Waals surface area contributed by atoms with Crippen molar-refractivity contribution in [3.8, 4) is 0 Å². The second-order valence-corrected chi connectivity index (χ2v) is 3.28. The first-order chi connectivity index (χ1) is 5.83. The highest BCUT2D eigenvalue weighted by atomic mass is 35.5. The van der Waals surface area contributed by atoms with Gasteiger partial charge in [0, 0.05) is 9.92 Å². The SMILES string of the molecule is CC.CNSc1ccc(Cl)cc1. The molecular formula is C9H14ClNS. The summed E-state index contributed by atoms with van der Waals surface area (Å²) in [5.74, 6) is 0. The lowest BCUT2D eigenvalue weighted by Gasteiger charge is -1.96. The first-order valence-electron chi connectivity index (χ1n) is 3.92. The lowest BCUT2D eigenvalue weighted by molar-refractivity contribution is 1.28. The maximum absolute atomic E-state index is 5.68. The van der Waals surface area contributed by atoms with Gasteiger partial charge in [-0.05, 0) is 43.3 Å². The van der Waals surface area contributed by atoms with E-state index >= 15 is 0 Å². The van der Waals surface area contributed by atoms with Crippen LogP contribution >= 0.6 is 23.5 Å². The zero-order chi connectivity index (χ0) is 9.40. The predicted octanol–water partition coefficient (Wildman–Crippen LogP) is 3.59. The molecule has 3 heteroatoms. The molecule has 0 bridgehead atoms. The Hall–Kier alpha value is -0.180. The van der Waals surface area contributed by atoms with Crippen LogP contribution in [-0.4, -0.2) is 7.05 Å². The molecule has 1 nitrogen and oxygen atoms in total. The van der Waals surface area contributed by atoms with Crippen molar-refractivity contribution in [2.24, 2.45) is 0 Å². The van der Waals surface area contributed by atoms with E-state index in [-0.39, 0.29) is 0 Å². The van der Waals surface area contributed by atoms with Crippen molar-refractivity contribution in [3.63, 3.8) is 0 Å². The highest BCUT2D eigenvalue weighted by Gasteiger charge is 1.89. The molecule has 0 amide bonds. The molecule has 0 aliphatic carbocycles. The van der Waals surface area contributed by atoms with E-state index in [4.69, 9.17) is 11.6 Å². The molecule has 12 heavy (non-hydrogen) atoms. The van der Waals surface area contributed by atoms with Crippen LogP contribution in [0.4, 0.5) is 0 Å². The van der Waals surface area contributed by atoms with Crippen LogP contribution < -0.4 is 4.72 Å². The molecule has 0 heterocycles. The van der Waals surface area contributed by atoms with E-state index < -0.39 is 0 Å². The normalized spacial score (nSPS) is 8.67. The second kappa shape index (κ2) is 7.47. The Balaban J connectivity index is 0.000000561. The average molecular weight is 204 g/mol. The highest BCUT2D eigenvalue weighted by Crippen LogP contribution is 2.16. The molecule has 0 radical (unpaired) electrons. The van der Waals surface area contributed by atoms with E-state index in [1.165, 1.54) is 4.90 Å². The molecule has 0 aliphatic rings. The van der Waals surface area contributed by atoms with Crippen molar-refractivity contribution < 1.29 is 0 Å². The van der Waals surface area contributed by atoms with Crippen LogP contribution in [0.5, 0.6) is 0 Å². The van der Waals surface area contributed by atoms with Gasteiger partial charge in [-0.25, -0.2) is 0 Å². The minimum Gasteiger partial charge on any atom is -0.263 e. The van der Waals surface area contributed by atoms with Crippen molar-refractivity contribution in [1.82, 2.24) is 4.72 Å². The lowest BCUT2D eigenvalue weighted by atomic mass is 10.4. The van der Waals surface area contributed by atoms with Crippen molar-refractivity contribution >= 4 is 23.5 Å². The van der Waals surface area contributed by atoms with E-state index in [1.807, 2.05) is 45.2 Å². The maximum atomic E-state index is 5.68. The van der Waals surface area contributed by atoms with Crippen LogP contribution in [0, 0.1) is 0 Å². The van der Waals surface area contributed by atoms with E-state index in [0.29, 0.717) is 0 Å². The summed E-state index contributed by atoms with van der Waals surface area (Å²) in [6.45, 7) is 4.00. The summed E-state index contributed by atoms with van der Waals surface area (Å²) >= 11 is 7.26. The Bertz CT molecular complexity index is 198. The standard InChI is InChI=1S/C7H8ClNS.C2H6/c1-9-10-7-4-2-6(8)3-5-7;1-2/h2-5,9H,1H3;1-2H3. The molecule has 0 fully saturated rings. The number of benzene rings is 1. The molecule has 0 atom stereocenters. The largest absolute Gasteiger partial charge is 0.263 e. The zero-order valence-corrected chi connectivity index (χ0v) is 9.17. The van der Waals surface area contributed by atoms with Gasteiger partial charge in [0.05, 0.1) is 0 Å². The van der Waals surface area contributed by atoms with Crippen molar-refractivity contribution in [2.75, 3.05) is 7.05 Å². The first-order valence-corrected chi connectivity index (χ1v) is 5.11. The summed E-state index contributed by atoms with van der Waals surface area (Å²) in [6.07, 6.45) is 0. The number of rotatable bonds is 2. The number of hydrogen-bond acceptors (Lipinski definition) is 2. The molecule has 1 rings (SSSR count). The molecule has 0 aliphatic heterocycles. The van der Waals surface area contributed by atoms with Crippen LogP contribution in [0.25, 0.3) is 0 Å². The van der Waals surface area contributed by atoms with Crippen molar-refractivity contribution in [2.45, 2.75) is 18.7 Å². The van der Waals surface area contributed by atoms with Gasteiger partial charge in [0.1, 0.15) is 0 Å². The molecule has 1 N–H and O–H groups in total. The Labute approximate surface area is 83.6 Å². The summed E-state index contributed by atoms with van der Waals surface area (Å²) in [7, 11) is 1.89. The van der Waals surface area contributed by atoms with Crippen LogP contribution in [-0.2, 0) is 0 Å². The van der Waals surface area contributed by atoms with Gasteiger partial charge in [0.2, 0.25) is 0 Å². The smallest absolute Gasteiger partial charge is 0.0406 e. The summed E-state index contributed by atoms with van der Waals surface area (Å²) in [4.78, 5) is 1.17. The van der Waals surface area contributed by atoms with Crippen LogP contribution in [0.2, 0.25) is 5.02 Å². The Morgan fingerprint density at radius 1 is 1.17 bits per heavy atom. The minimum atomic E-state index is 0.778. The molecule has 1 aromatic carbocycles. The summed E-state index contributed by atoms with van der Waals surface area (Å²) in [5, 5.41) is 0.778. The predicted molar refractivity (Wildman–Crippen MR) is 57.7 cm³/mol. The minimum absolute atomic E-state index is 0.778. The molecule has 0 saturated carbocycles. The van der Waals surface area contributed by atoms with Gasteiger partial charge in [-0.2, -0.15) is 0 Å². The van der Waals surface area contributed by atoms with Gasteiger partial charge in [-0.1, -0.05) is 25.4 Å². The third-order valence-corrected chi connectivity index (χ3v) is 2.00. The first kappa shape index (κ1) is 11.8.